The highest BCUT2D eigenvalue weighted by Crippen LogP contribution is 2.41. The number of allylic oxidation sites excluding steroid dienone is 1. The Balaban J connectivity index is 1.77. The molecule has 0 bridgehead atoms. The summed E-state index contributed by atoms with van der Waals surface area (Å²) >= 11 is 11.3. The van der Waals surface area contributed by atoms with Gasteiger partial charge < -0.3 is 14.8 Å². The Labute approximate surface area is 216 Å². The molecule has 1 aromatic heterocycles. The van der Waals surface area contributed by atoms with E-state index in [0.29, 0.717) is 45.5 Å². The van der Waals surface area contributed by atoms with Gasteiger partial charge in [-0.05, 0) is 50.6 Å². The van der Waals surface area contributed by atoms with E-state index in [1.807, 2.05) is 56.3 Å². The fourth-order valence-corrected chi connectivity index (χ4v) is 5.22. The van der Waals surface area contributed by atoms with E-state index in [1.165, 1.54) is 11.8 Å². The number of anilines is 1. The first-order valence-electron chi connectivity index (χ1n) is 10.8. The molecule has 3 aromatic rings. The molecule has 1 aliphatic heterocycles. The van der Waals surface area contributed by atoms with Crippen LogP contribution in [0.2, 0.25) is 5.02 Å². The Hall–Kier alpha value is -2.49. The Morgan fingerprint density at radius 3 is 2.76 bits per heavy atom. The molecule has 0 saturated heterocycles. The van der Waals surface area contributed by atoms with Gasteiger partial charge in [-0.1, -0.05) is 57.5 Å². The number of carbonyl (C=O) groups excluding carboxylic acids is 1. The minimum Gasteiger partial charge on any atom is -0.494 e. The summed E-state index contributed by atoms with van der Waals surface area (Å²) in [5.41, 5.74) is 2.90. The number of carbonyl (C=O) groups is 1. The number of fused-ring (bicyclic) bond motifs is 1. The third kappa shape index (κ3) is 5.11. The summed E-state index contributed by atoms with van der Waals surface area (Å²) in [6.07, 6.45) is 0. The highest BCUT2D eigenvalue weighted by molar-refractivity contribution is 9.10. The number of rotatable bonds is 8. The third-order valence-corrected chi connectivity index (χ3v) is 6.96. The van der Waals surface area contributed by atoms with Crippen LogP contribution in [0.3, 0.4) is 0 Å². The van der Waals surface area contributed by atoms with E-state index >= 15 is 0 Å². The molecule has 34 heavy (non-hydrogen) atoms. The molecule has 2 aromatic carbocycles. The van der Waals surface area contributed by atoms with Crippen molar-refractivity contribution in [2.45, 2.75) is 37.7 Å². The summed E-state index contributed by atoms with van der Waals surface area (Å²) < 4.78 is 13.9. The number of hydrogen-bond acceptors (Lipinski definition) is 7. The van der Waals surface area contributed by atoms with Gasteiger partial charge in [0.05, 0.1) is 18.8 Å². The van der Waals surface area contributed by atoms with Gasteiger partial charge >= 0.3 is 5.97 Å². The van der Waals surface area contributed by atoms with Crippen LogP contribution in [0.5, 0.6) is 5.75 Å². The van der Waals surface area contributed by atoms with Crippen LogP contribution in [0.15, 0.2) is 63.4 Å². The van der Waals surface area contributed by atoms with Crippen molar-refractivity contribution >= 4 is 51.2 Å². The van der Waals surface area contributed by atoms with Crippen molar-refractivity contribution in [2.24, 2.45) is 0 Å². The molecular formula is C24H24BrClN4O3S. The van der Waals surface area contributed by atoms with E-state index in [9.17, 15) is 4.79 Å². The molecular weight excluding hydrogens is 540 g/mol. The van der Waals surface area contributed by atoms with Gasteiger partial charge in [0.15, 0.2) is 0 Å². The maximum atomic E-state index is 13.1. The monoisotopic (exact) mass is 562 g/mol. The van der Waals surface area contributed by atoms with Crippen molar-refractivity contribution < 1.29 is 14.3 Å². The molecule has 1 atom stereocenters. The number of ether oxygens (including phenoxy) is 2. The number of hydrogen-bond donors (Lipinski definition) is 1. The molecule has 0 aliphatic carbocycles. The predicted octanol–water partition coefficient (Wildman–Crippen LogP) is 6.24. The zero-order valence-corrected chi connectivity index (χ0v) is 22.1. The van der Waals surface area contributed by atoms with Gasteiger partial charge in [-0.2, -0.15) is 4.98 Å². The average Bonchev–Trinajstić information content (AvgIpc) is 3.21. The average molecular weight is 564 g/mol. The van der Waals surface area contributed by atoms with E-state index in [2.05, 4.69) is 26.2 Å². The molecule has 10 heteroatoms. The molecule has 1 N–H and O–H groups in total. The number of halogens is 2. The summed E-state index contributed by atoms with van der Waals surface area (Å²) in [4.78, 5) is 17.7. The van der Waals surface area contributed by atoms with Crippen molar-refractivity contribution in [3.63, 3.8) is 0 Å². The van der Waals surface area contributed by atoms with Crippen LogP contribution >= 0.6 is 39.3 Å². The number of nitrogens with zero attached hydrogens (tertiary/aromatic N) is 3. The van der Waals surface area contributed by atoms with Gasteiger partial charge in [-0.15, -0.1) is 5.10 Å². The first-order chi connectivity index (χ1) is 16.4. The molecule has 0 amide bonds. The Bertz CT molecular complexity index is 1250. The Morgan fingerprint density at radius 1 is 1.24 bits per heavy atom. The minimum absolute atomic E-state index is 0.266. The summed E-state index contributed by atoms with van der Waals surface area (Å²) in [5.74, 6) is 1.41. The molecule has 2 heterocycles. The number of esters is 1. The number of nitrogens with one attached hydrogen (secondary N) is 1. The van der Waals surface area contributed by atoms with Crippen molar-refractivity contribution in [1.29, 1.82) is 0 Å². The lowest BCUT2D eigenvalue weighted by atomic mass is 9.95. The molecule has 4 rings (SSSR count). The standard InChI is InChI=1S/C24H24BrClN4O3S/c1-4-32-19-11-10-16(25)12-17(19)21-20(22(31)33-5-2)14(3)27-23-28-24(29-30(21)23)34-13-15-8-6-7-9-18(15)26/h6-12,21H,4-5,13H2,1-3H3,(H,27,28,29). The van der Waals surface area contributed by atoms with Gasteiger partial charge in [0.2, 0.25) is 11.1 Å². The summed E-state index contributed by atoms with van der Waals surface area (Å²) in [6, 6.07) is 12.8. The highest BCUT2D eigenvalue weighted by atomic mass is 79.9. The van der Waals surface area contributed by atoms with Crippen LogP contribution in [0.1, 0.15) is 37.9 Å². The normalized spacial score (nSPS) is 15.0. The smallest absolute Gasteiger partial charge is 0.338 e. The molecule has 178 valence electrons. The van der Waals surface area contributed by atoms with E-state index in [4.69, 9.17) is 26.2 Å². The lowest BCUT2D eigenvalue weighted by Crippen LogP contribution is -2.30. The lowest BCUT2D eigenvalue weighted by molar-refractivity contribution is -0.139. The topological polar surface area (TPSA) is 78.3 Å². The molecule has 0 saturated carbocycles. The van der Waals surface area contributed by atoms with Crippen molar-refractivity contribution in [3.05, 3.63) is 74.4 Å². The van der Waals surface area contributed by atoms with Gasteiger partial charge in [0, 0.05) is 26.5 Å². The molecule has 7 nitrogen and oxygen atoms in total. The van der Waals surface area contributed by atoms with Crippen molar-refractivity contribution in [1.82, 2.24) is 14.8 Å². The third-order valence-electron chi connectivity index (χ3n) is 5.21. The number of aromatic nitrogens is 3. The highest BCUT2D eigenvalue weighted by Gasteiger charge is 2.37. The quantitative estimate of drug-likeness (QED) is 0.257. The predicted molar refractivity (Wildman–Crippen MR) is 137 cm³/mol. The first kappa shape index (κ1) is 24.6. The Kier molecular flexibility index (Phi) is 7.85. The van der Waals surface area contributed by atoms with Gasteiger partial charge in [-0.25, -0.2) is 9.48 Å². The number of thioether (sulfide) groups is 1. The largest absolute Gasteiger partial charge is 0.494 e. The van der Waals surface area contributed by atoms with E-state index in [-0.39, 0.29) is 6.61 Å². The molecule has 1 aliphatic rings. The minimum atomic E-state index is -0.573. The van der Waals surface area contributed by atoms with E-state index in [1.54, 1.807) is 11.6 Å². The van der Waals surface area contributed by atoms with Crippen LogP contribution in [0.4, 0.5) is 5.95 Å². The van der Waals surface area contributed by atoms with Crippen LogP contribution in [-0.4, -0.2) is 33.9 Å². The molecule has 0 radical (unpaired) electrons. The second-order valence-electron chi connectivity index (χ2n) is 7.44. The molecule has 0 fully saturated rings. The summed E-state index contributed by atoms with van der Waals surface area (Å²) in [7, 11) is 0. The summed E-state index contributed by atoms with van der Waals surface area (Å²) in [5, 5.41) is 9.25. The zero-order chi connectivity index (χ0) is 24.2. The maximum absolute atomic E-state index is 13.1. The second kappa shape index (κ2) is 10.8. The van der Waals surface area contributed by atoms with Crippen LogP contribution in [0, 0.1) is 0 Å². The van der Waals surface area contributed by atoms with E-state index < -0.39 is 12.0 Å². The zero-order valence-electron chi connectivity index (χ0n) is 19.0. The van der Waals surface area contributed by atoms with Gasteiger partial charge in [0.25, 0.3) is 0 Å². The van der Waals surface area contributed by atoms with Crippen LogP contribution in [0.25, 0.3) is 0 Å². The molecule has 1 unspecified atom stereocenters. The lowest BCUT2D eigenvalue weighted by Gasteiger charge is -2.29. The van der Waals surface area contributed by atoms with Crippen molar-refractivity contribution in [2.75, 3.05) is 18.5 Å². The van der Waals surface area contributed by atoms with E-state index in [0.717, 1.165) is 15.6 Å². The first-order valence-corrected chi connectivity index (χ1v) is 13.0. The number of benzene rings is 2. The van der Waals surface area contributed by atoms with Crippen LogP contribution in [-0.2, 0) is 15.3 Å². The molecule has 0 spiro atoms. The van der Waals surface area contributed by atoms with Crippen LogP contribution < -0.4 is 10.1 Å². The fraction of sp³-hybridized carbons (Fsp3) is 0.292. The van der Waals surface area contributed by atoms with Gasteiger partial charge in [-0.3, -0.25) is 0 Å². The second-order valence-corrected chi connectivity index (χ2v) is 9.71. The SMILES string of the molecule is CCOC(=O)C1=C(C)Nc2nc(SCc3ccccc3Cl)nn2C1c1cc(Br)ccc1OCC. The van der Waals surface area contributed by atoms with Crippen molar-refractivity contribution in [3.8, 4) is 5.75 Å². The summed E-state index contributed by atoms with van der Waals surface area (Å²) in [6.45, 7) is 6.30. The van der Waals surface area contributed by atoms with Gasteiger partial charge in [0.1, 0.15) is 11.8 Å². The maximum Gasteiger partial charge on any atom is 0.338 e. The Morgan fingerprint density at radius 2 is 2.03 bits per heavy atom. The fourth-order valence-electron chi connectivity index (χ4n) is 3.73.